The normalized spacial score (nSPS) is 19.0. The van der Waals surface area contributed by atoms with Crippen LogP contribution in [0.4, 0.5) is 4.39 Å². The number of allylic oxidation sites excluding steroid dienone is 1. The third-order valence-corrected chi connectivity index (χ3v) is 5.87. The smallest absolute Gasteiger partial charge is 0.278 e. The van der Waals surface area contributed by atoms with Crippen LogP contribution in [-0.4, -0.2) is 38.8 Å². The van der Waals surface area contributed by atoms with Crippen LogP contribution in [0.25, 0.3) is 0 Å². The Morgan fingerprint density at radius 2 is 1.97 bits per heavy atom. The highest BCUT2D eigenvalue weighted by Crippen LogP contribution is 2.34. The first kappa shape index (κ1) is 20.0. The highest BCUT2D eigenvalue weighted by molar-refractivity contribution is 5.96. The Morgan fingerprint density at radius 3 is 2.78 bits per heavy atom. The van der Waals surface area contributed by atoms with Gasteiger partial charge < -0.3 is 10.0 Å². The Kier molecular flexibility index (Phi) is 4.97. The van der Waals surface area contributed by atoms with Crippen LogP contribution < -0.4 is 10.4 Å². The molecule has 1 aromatic carbocycles. The summed E-state index contributed by atoms with van der Waals surface area (Å²) >= 11 is 0. The fourth-order valence-electron chi connectivity index (χ4n) is 4.36. The number of fused-ring (bicyclic) bond motifs is 5. The number of aryl methyl sites for hydroxylation is 1. The molecule has 162 valence electrons. The molecule has 7 nitrogen and oxygen atoms in total. The van der Waals surface area contributed by atoms with Gasteiger partial charge in [0.2, 0.25) is 5.43 Å². The fraction of sp³-hybridized carbons (Fsp3) is 0.208. The summed E-state index contributed by atoms with van der Waals surface area (Å²) in [4.78, 5) is 31.4. The molecule has 3 aromatic rings. The maximum Gasteiger partial charge on any atom is 0.278 e. The van der Waals surface area contributed by atoms with Gasteiger partial charge in [-0.3, -0.25) is 24.3 Å². The molecule has 0 fully saturated rings. The van der Waals surface area contributed by atoms with E-state index in [1.54, 1.807) is 17.2 Å². The van der Waals surface area contributed by atoms with Gasteiger partial charge in [-0.1, -0.05) is 24.3 Å². The van der Waals surface area contributed by atoms with Gasteiger partial charge in [-0.05, 0) is 48.2 Å². The van der Waals surface area contributed by atoms with E-state index in [1.165, 1.54) is 29.1 Å². The average molecular weight is 432 g/mol. The van der Waals surface area contributed by atoms with Crippen molar-refractivity contribution >= 4 is 5.91 Å². The molecule has 4 heterocycles. The number of nitrogens with zero attached hydrogens (tertiary/aromatic N) is 4. The van der Waals surface area contributed by atoms with E-state index >= 15 is 0 Å². The number of carbonyl (C=O) groups is 1. The molecule has 2 aliphatic rings. The maximum absolute atomic E-state index is 14.2. The molecule has 2 aromatic heterocycles. The number of benzene rings is 1. The summed E-state index contributed by atoms with van der Waals surface area (Å²) in [5.41, 5.74) is 1.66. The first-order chi connectivity index (χ1) is 15.5. The average Bonchev–Trinajstić information content (AvgIpc) is 2.82. The number of carbonyl (C=O) groups excluding carboxylic acids is 1. The minimum absolute atomic E-state index is 0.0963. The van der Waals surface area contributed by atoms with Gasteiger partial charge in [0.1, 0.15) is 18.5 Å². The van der Waals surface area contributed by atoms with E-state index < -0.39 is 23.1 Å². The summed E-state index contributed by atoms with van der Waals surface area (Å²) in [7, 11) is 0. The van der Waals surface area contributed by atoms with E-state index in [0.29, 0.717) is 25.1 Å². The van der Waals surface area contributed by atoms with E-state index in [0.717, 1.165) is 11.1 Å². The van der Waals surface area contributed by atoms with Gasteiger partial charge in [0.25, 0.3) is 5.91 Å². The summed E-state index contributed by atoms with van der Waals surface area (Å²) in [5, 5.41) is 12.4. The highest BCUT2D eigenvalue weighted by Gasteiger charge is 2.37. The second-order valence-electron chi connectivity index (χ2n) is 7.84. The lowest BCUT2D eigenvalue weighted by atomic mass is 9.94. The fourth-order valence-corrected chi connectivity index (χ4v) is 4.36. The number of hydrogen-bond donors (Lipinski definition) is 1. The van der Waals surface area contributed by atoms with Crippen molar-refractivity contribution in [3.8, 4) is 5.75 Å². The van der Waals surface area contributed by atoms with E-state index in [-0.39, 0.29) is 18.2 Å². The lowest BCUT2D eigenvalue weighted by Crippen LogP contribution is -2.55. The van der Waals surface area contributed by atoms with Crippen molar-refractivity contribution in [3.63, 3.8) is 0 Å². The monoisotopic (exact) mass is 432 g/mol. The number of aromatic nitrogens is 2. The zero-order chi connectivity index (χ0) is 22.2. The molecule has 2 aliphatic heterocycles. The van der Waals surface area contributed by atoms with Crippen molar-refractivity contribution in [2.24, 2.45) is 0 Å². The lowest BCUT2D eigenvalue weighted by molar-refractivity contribution is 0.0701. The number of amides is 1. The van der Waals surface area contributed by atoms with Crippen LogP contribution in [-0.2, 0) is 6.42 Å². The molecule has 0 saturated heterocycles. The van der Waals surface area contributed by atoms with Gasteiger partial charge in [0.15, 0.2) is 11.4 Å². The molecule has 0 aliphatic carbocycles. The molecule has 1 atom stereocenters. The molecule has 0 unspecified atom stereocenters. The number of aromatic hydroxyl groups is 1. The summed E-state index contributed by atoms with van der Waals surface area (Å²) in [6.45, 7) is 0.508. The van der Waals surface area contributed by atoms with Gasteiger partial charge in [-0.25, -0.2) is 4.39 Å². The predicted molar refractivity (Wildman–Crippen MR) is 116 cm³/mol. The maximum atomic E-state index is 14.2. The molecule has 1 amide bonds. The first-order valence-electron chi connectivity index (χ1n) is 10.4. The van der Waals surface area contributed by atoms with Gasteiger partial charge in [0, 0.05) is 25.0 Å². The molecule has 32 heavy (non-hydrogen) atoms. The Morgan fingerprint density at radius 1 is 1.09 bits per heavy atom. The number of hydrogen-bond acceptors (Lipinski definition) is 5. The standard InChI is InChI=1S/C24H21FN4O3/c25-17-8-9-18-16(14-17)6-2-1-5-12-27-15-29(21(18)19-7-3-4-11-26-19)28-13-10-20(30)23(31)22(28)24(27)32/h1,3-5,7-11,13-14,21,31H,2,6,12,15H2/b5-1-/t21-/m1/s1. The predicted octanol–water partition coefficient (Wildman–Crippen LogP) is 2.73. The molecule has 5 rings (SSSR count). The van der Waals surface area contributed by atoms with Crippen molar-refractivity contribution in [1.82, 2.24) is 14.6 Å². The minimum Gasteiger partial charge on any atom is -0.502 e. The van der Waals surface area contributed by atoms with Gasteiger partial charge in [0.05, 0.1) is 5.69 Å². The largest absolute Gasteiger partial charge is 0.502 e. The van der Waals surface area contributed by atoms with Gasteiger partial charge >= 0.3 is 0 Å². The molecule has 0 radical (unpaired) electrons. The zero-order valence-corrected chi connectivity index (χ0v) is 17.2. The minimum atomic E-state index is -0.622. The van der Waals surface area contributed by atoms with Crippen molar-refractivity contribution < 1.29 is 14.3 Å². The topological polar surface area (TPSA) is 78.7 Å². The van der Waals surface area contributed by atoms with Crippen molar-refractivity contribution in [2.45, 2.75) is 18.9 Å². The Balaban J connectivity index is 1.80. The number of rotatable bonds is 1. The van der Waals surface area contributed by atoms with Crippen LogP contribution in [0.1, 0.15) is 39.8 Å². The van der Waals surface area contributed by atoms with Crippen LogP contribution in [0.2, 0.25) is 0 Å². The van der Waals surface area contributed by atoms with Crippen LogP contribution in [0.5, 0.6) is 5.75 Å². The van der Waals surface area contributed by atoms with E-state index in [9.17, 15) is 19.1 Å². The van der Waals surface area contributed by atoms with Gasteiger partial charge in [-0.2, -0.15) is 0 Å². The van der Waals surface area contributed by atoms with Crippen molar-refractivity contribution in [2.75, 3.05) is 18.2 Å². The molecular weight excluding hydrogens is 411 g/mol. The SMILES string of the molecule is O=C1c2c(O)c(=O)ccn2N2CN1C/C=C\CCc1cc(F)ccc1[C@@H]2c1ccccn1. The van der Waals surface area contributed by atoms with Crippen molar-refractivity contribution in [3.05, 3.63) is 106 Å². The number of halogens is 1. The molecular formula is C24H21FN4O3. The van der Waals surface area contributed by atoms with Crippen LogP contribution in [0.15, 0.2) is 71.8 Å². The highest BCUT2D eigenvalue weighted by atomic mass is 19.1. The lowest BCUT2D eigenvalue weighted by Gasteiger charge is -2.43. The Bertz CT molecular complexity index is 1270. The molecule has 1 N–H and O–H groups in total. The molecule has 2 bridgehead atoms. The number of pyridine rings is 2. The van der Waals surface area contributed by atoms with Crippen LogP contribution in [0, 0.1) is 5.82 Å². The summed E-state index contributed by atoms with van der Waals surface area (Å²) < 4.78 is 15.7. The van der Waals surface area contributed by atoms with E-state index in [4.69, 9.17) is 0 Å². The third-order valence-electron chi connectivity index (χ3n) is 5.87. The molecule has 0 saturated carbocycles. The molecule has 8 heteroatoms. The second kappa shape index (κ2) is 7.96. The molecule has 0 spiro atoms. The van der Waals surface area contributed by atoms with Crippen LogP contribution >= 0.6 is 0 Å². The van der Waals surface area contributed by atoms with Crippen LogP contribution in [0.3, 0.4) is 0 Å². The summed E-state index contributed by atoms with van der Waals surface area (Å²) in [5.74, 6) is -1.34. The van der Waals surface area contributed by atoms with Gasteiger partial charge in [-0.15, -0.1) is 0 Å². The quantitative estimate of drug-likeness (QED) is 0.599. The Hall–Kier alpha value is -3.94. The summed E-state index contributed by atoms with van der Waals surface area (Å²) in [6.07, 6.45) is 8.31. The second-order valence-corrected chi connectivity index (χ2v) is 7.84. The van der Waals surface area contributed by atoms with E-state index in [2.05, 4.69) is 4.98 Å². The first-order valence-corrected chi connectivity index (χ1v) is 10.4. The zero-order valence-electron chi connectivity index (χ0n) is 17.2. The third kappa shape index (κ3) is 3.33. The van der Waals surface area contributed by atoms with Crippen molar-refractivity contribution in [1.29, 1.82) is 0 Å². The van der Waals surface area contributed by atoms with E-state index in [1.807, 2.05) is 35.4 Å². The Labute approximate surface area is 183 Å². The summed E-state index contributed by atoms with van der Waals surface area (Å²) in [6, 6.07) is 11.0.